The van der Waals surface area contributed by atoms with E-state index in [1.54, 1.807) is 6.42 Å². The van der Waals surface area contributed by atoms with Crippen molar-refractivity contribution in [1.82, 2.24) is 0 Å². The van der Waals surface area contributed by atoms with Gasteiger partial charge in [-0.3, -0.25) is 0 Å². The summed E-state index contributed by atoms with van der Waals surface area (Å²) in [6.07, 6.45) is 9.15. The molecule has 18 heavy (non-hydrogen) atoms. The van der Waals surface area contributed by atoms with Crippen molar-refractivity contribution in [2.45, 2.75) is 87.0 Å². The SMILES string of the molecule is CC.CC.CC(C)C1C(C)CCC2CCCCC21. The summed E-state index contributed by atoms with van der Waals surface area (Å²) in [5, 5.41) is 0. The minimum absolute atomic E-state index is 0.913. The van der Waals surface area contributed by atoms with Gasteiger partial charge in [0, 0.05) is 0 Å². The summed E-state index contributed by atoms with van der Waals surface area (Å²) >= 11 is 0. The van der Waals surface area contributed by atoms with E-state index in [9.17, 15) is 0 Å². The van der Waals surface area contributed by atoms with Crippen LogP contribution in [0.1, 0.15) is 87.0 Å². The number of hydrogen-bond acceptors (Lipinski definition) is 0. The van der Waals surface area contributed by atoms with Gasteiger partial charge in [0.05, 0.1) is 0 Å². The first-order valence-corrected chi connectivity index (χ1v) is 8.70. The van der Waals surface area contributed by atoms with E-state index in [-0.39, 0.29) is 0 Å². The maximum absolute atomic E-state index is 2.50. The van der Waals surface area contributed by atoms with E-state index in [0.29, 0.717) is 0 Å². The summed E-state index contributed by atoms with van der Waals surface area (Å²) in [6, 6.07) is 0. The summed E-state index contributed by atoms with van der Waals surface area (Å²) in [4.78, 5) is 0. The van der Waals surface area contributed by atoms with Crippen molar-refractivity contribution in [3.63, 3.8) is 0 Å². The van der Waals surface area contributed by atoms with Crippen LogP contribution < -0.4 is 0 Å². The summed E-state index contributed by atoms with van der Waals surface area (Å²) in [5.41, 5.74) is 0. The molecule has 0 heterocycles. The highest BCUT2D eigenvalue weighted by atomic mass is 14.4. The Morgan fingerprint density at radius 1 is 0.778 bits per heavy atom. The molecule has 0 spiro atoms. The Balaban J connectivity index is 0.000000659. The molecule has 2 aliphatic rings. The van der Waals surface area contributed by atoms with Gasteiger partial charge in [0.1, 0.15) is 0 Å². The van der Waals surface area contributed by atoms with Crippen molar-refractivity contribution in [3.8, 4) is 0 Å². The molecule has 2 rings (SSSR count). The molecule has 2 fully saturated rings. The van der Waals surface area contributed by atoms with Gasteiger partial charge < -0.3 is 0 Å². The monoisotopic (exact) mass is 254 g/mol. The molecule has 0 radical (unpaired) electrons. The van der Waals surface area contributed by atoms with Crippen LogP contribution in [0.4, 0.5) is 0 Å². The van der Waals surface area contributed by atoms with Gasteiger partial charge in [-0.2, -0.15) is 0 Å². The van der Waals surface area contributed by atoms with Crippen LogP contribution in [-0.2, 0) is 0 Å². The molecule has 0 aromatic rings. The summed E-state index contributed by atoms with van der Waals surface area (Å²) in [6.45, 7) is 15.4. The number of fused-ring (bicyclic) bond motifs is 1. The fourth-order valence-electron chi connectivity index (χ4n) is 4.34. The van der Waals surface area contributed by atoms with Crippen molar-refractivity contribution in [1.29, 1.82) is 0 Å². The maximum Gasteiger partial charge on any atom is -0.0334 e. The van der Waals surface area contributed by atoms with Crippen LogP contribution in [0.5, 0.6) is 0 Å². The first-order chi connectivity index (χ1) is 8.70. The molecular weight excluding hydrogens is 216 g/mol. The Hall–Kier alpha value is 0. The molecule has 0 heteroatoms. The minimum Gasteiger partial charge on any atom is -0.0683 e. The Morgan fingerprint density at radius 3 is 1.89 bits per heavy atom. The minimum atomic E-state index is 0.913. The van der Waals surface area contributed by atoms with Gasteiger partial charge in [-0.1, -0.05) is 74.1 Å². The Kier molecular flexibility index (Phi) is 9.87. The molecule has 0 amide bonds. The Labute approximate surface area is 117 Å². The van der Waals surface area contributed by atoms with Gasteiger partial charge >= 0.3 is 0 Å². The molecule has 0 nitrogen and oxygen atoms in total. The predicted molar refractivity (Wildman–Crippen MR) is 84.9 cm³/mol. The smallest absolute Gasteiger partial charge is 0.0334 e. The van der Waals surface area contributed by atoms with Gasteiger partial charge in [-0.15, -0.1) is 0 Å². The van der Waals surface area contributed by atoms with E-state index in [0.717, 1.165) is 29.6 Å². The van der Waals surface area contributed by atoms with Crippen LogP contribution in [-0.4, -0.2) is 0 Å². The third kappa shape index (κ3) is 4.59. The van der Waals surface area contributed by atoms with Crippen LogP contribution in [0.3, 0.4) is 0 Å². The molecule has 0 aromatic heterocycles. The van der Waals surface area contributed by atoms with E-state index in [4.69, 9.17) is 0 Å². The zero-order chi connectivity index (χ0) is 14.1. The lowest BCUT2D eigenvalue weighted by Crippen LogP contribution is -2.38. The van der Waals surface area contributed by atoms with Gasteiger partial charge in [0.15, 0.2) is 0 Å². The number of rotatable bonds is 1. The van der Waals surface area contributed by atoms with Gasteiger partial charge in [-0.05, 0) is 42.4 Å². The highest BCUT2D eigenvalue weighted by Gasteiger charge is 2.39. The summed E-state index contributed by atoms with van der Waals surface area (Å²) < 4.78 is 0. The Morgan fingerprint density at radius 2 is 1.33 bits per heavy atom. The maximum atomic E-state index is 2.50. The molecule has 0 N–H and O–H groups in total. The van der Waals surface area contributed by atoms with Gasteiger partial charge in [0.2, 0.25) is 0 Å². The van der Waals surface area contributed by atoms with Crippen molar-refractivity contribution in [2.75, 3.05) is 0 Å². The van der Waals surface area contributed by atoms with Crippen molar-refractivity contribution < 1.29 is 0 Å². The second kappa shape index (κ2) is 9.87. The predicted octanol–water partition coefficient (Wildman–Crippen LogP) is 6.55. The molecule has 110 valence electrons. The molecule has 2 saturated carbocycles. The molecule has 0 saturated heterocycles. The highest BCUT2D eigenvalue weighted by Crippen LogP contribution is 2.48. The summed E-state index contributed by atoms with van der Waals surface area (Å²) in [7, 11) is 0. The topological polar surface area (TPSA) is 0 Å². The van der Waals surface area contributed by atoms with Crippen LogP contribution in [0.15, 0.2) is 0 Å². The first-order valence-electron chi connectivity index (χ1n) is 8.70. The fraction of sp³-hybridized carbons (Fsp3) is 1.00. The zero-order valence-corrected chi connectivity index (χ0v) is 14.1. The third-order valence-corrected chi connectivity index (χ3v) is 4.88. The van der Waals surface area contributed by atoms with Crippen LogP contribution in [0.2, 0.25) is 0 Å². The zero-order valence-electron chi connectivity index (χ0n) is 14.1. The highest BCUT2D eigenvalue weighted by molar-refractivity contribution is 4.89. The van der Waals surface area contributed by atoms with Crippen LogP contribution in [0, 0.1) is 29.6 Å². The second-order valence-corrected chi connectivity index (χ2v) is 6.08. The molecule has 0 aromatic carbocycles. The van der Waals surface area contributed by atoms with E-state index >= 15 is 0 Å². The van der Waals surface area contributed by atoms with E-state index in [1.807, 2.05) is 27.7 Å². The second-order valence-electron chi connectivity index (χ2n) is 6.08. The molecule has 0 aliphatic heterocycles. The van der Waals surface area contributed by atoms with Crippen molar-refractivity contribution in [2.24, 2.45) is 29.6 Å². The normalized spacial score (nSPS) is 34.7. The van der Waals surface area contributed by atoms with Gasteiger partial charge in [-0.25, -0.2) is 0 Å². The Bertz CT molecular complexity index is 182. The lowest BCUT2D eigenvalue weighted by molar-refractivity contribution is 0.0332. The van der Waals surface area contributed by atoms with E-state index in [1.165, 1.54) is 32.1 Å². The average Bonchev–Trinajstić information content (AvgIpc) is 2.42. The van der Waals surface area contributed by atoms with Crippen LogP contribution >= 0.6 is 0 Å². The van der Waals surface area contributed by atoms with Crippen molar-refractivity contribution in [3.05, 3.63) is 0 Å². The molecule has 0 bridgehead atoms. The first kappa shape index (κ1) is 18.0. The lowest BCUT2D eigenvalue weighted by atomic mass is 9.59. The van der Waals surface area contributed by atoms with E-state index in [2.05, 4.69) is 20.8 Å². The average molecular weight is 255 g/mol. The molecular formula is C18H38. The molecule has 2 aliphatic carbocycles. The number of hydrogen-bond donors (Lipinski definition) is 0. The quantitative estimate of drug-likeness (QED) is 0.498. The third-order valence-electron chi connectivity index (χ3n) is 4.88. The lowest BCUT2D eigenvalue weighted by Gasteiger charge is -2.46. The molecule has 4 atom stereocenters. The van der Waals surface area contributed by atoms with Gasteiger partial charge in [0.25, 0.3) is 0 Å². The van der Waals surface area contributed by atoms with Crippen LogP contribution in [0.25, 0.3) is 0 Å². The standard InChI is InChI=1S/C14H26.2C2H6/c1-10(2)14-11(3)8-9-12-6-4-5-7-13(12)14;2*1-2/h10-14H,4-9H2,1-3H3;2*1-2H3. The fourth-order valence-corrected chi connectivity index (χ4v) is 4.34. The largest absolute Gasteiger partial charge is 0.0683 e. The van der Waals surface area contributed by atoms with E-state index < -0.39 is 0 Å². The summed E-state index contributed by atoms with van der Waals surface area (Å²) in [5.74, 6) is 5.14. The van der Waals surface area contributed by atoms with Crippen molar-refractivity contribution >= 4 is 0 Å². The molecule has 4 unspecified atom stereocenters.